The maximum atomic E-state index is 13.8. The number of rotatable bonds is 12. The van der Waals surface area contributed by atoms with Gasteiger partial charge in [-0.15, -0.1) is 0 Å². The minimum Gasteiger partial charge on any atom is -0.348 e. The highest BCUT2D eigenvalue weighted by Gasteiger charge is 2.64. The Balaban J connectivity index is 0.963. The number of aryl methyl sites for hydroxylation is 1. The zero-order valence-corrected chi connectivity index (χ0v) is 30.5. The number of hydrogen-bond acceptors (Lipinski definition) is 8. The summed E-state index contributed by atoms with van der Waals surface area (Å²) >= 11 is 0. The van der Waals surface area contributed by atoms with E-state index in [1.54, 1.807) is 36.4 Å². The molecule has 0 radical (unpaired) electrons. The molecule has 5 aliphatic carbocycles. The Morgan fingerprint density at radius 2 is 1.41 bits per heavy atom. The average molecular weight is 721 g/mol. The van der Waals surface area contributed by atoms with Crippen molar-refractivity contribution >= 4 is 21.7 Å². The Kier molecular flexibility index (Phi) is 10.7. The second-order valence-electron chi connectivity index (χ2n) is 16.1. The first-order valence-corrected chi connectivity index (χ1v) is 20.4. The van der Waals surface area contributed by atoms with Crippen molar-refractivity contribution < 1.29 is 37.6 Å². The summed E-state index contributed by atoms with van der Waals surface area (Å²) in [6.07, 6.45) is 10.7. The fourth-order valence-electron chi connectivity index (χ4n) is 9.26. The van der Waals surface area contributed by atoms with Gasteiger partial charge in [-0.05, 0) is 99.7 Å². The molecule has 1 saturated heterocycles. The lowest BCUT2D eigenvalue weighted by atomic mass is 9.53. The Morgan fingerprint density at radius 3 is 2.00 bits per heavy atom. The van der Waals surface area contributed by atoms with E-state index < -0.39 is 33.5 Å². The highest BCUT2D eigenvalue weighted by Crippen LogP contribution is 2.62. The Hall–Kier alpha value is -3.09. The fraction of sp³-hybridized carbons (Fsp3) is 0.600. The minimum atomic E-state index is -3.71. The van der Waals surface area contributed by atoms with Crippen molar-refractivity contribution in [3.05, 3.63) is 77.7 Å². The van der Waals surface area contributed by atoms with Gasteiger partial charge in [-0.25, -0.2) is 8.42 Å². The first-order chi connectivity index (χ1) is 24.5. The van der Waals surface area contributed by atoms with Crippen LogP contribution in [0.15, 0.2) is 77.0 Å². The van der Waals surface area contributed by atoms with Crippen LogP contribution < -0.4 is 10.6 Å². The lowest BCUT2D eigenvalue weighted by Gasteiger charge is -2.60. The van der Waals surface area contributed by atoms with E-state index in [0.29, 0.717) is 56.8 Å². The van der Waals surface area contributed by atoms with E-state index in [1.807, 2.05) is 44.2 Å². The van der Waals surface area contributed by atoms with Crippen molar-refractivity contribution in [1.82, 2.24) is 10.6 Å². The maximum Gasteiger partial charge on any atom is 0.243 e. The van der Waals surface area contributed by atoms with Crippen molar-refractivity contribution in [3.63, 3.8) is 0 Å². The van der Waals surface area contributed by atoms with Gasteiger partial charge < -0.3 is 10.6 Å². The topological polar surface area (TPSA) is 129 Å². The van der Waals surface area contributed by atoms with Gasteiger partial charge in [0, 0.05) is 42.0 Å². The monoisotopic (exact) mass is 720 g/mol. The number of carbonyl (C=O) groups is 2. The Morgan fingerprint density at radius 1 is 0.824 bits per heavy atom. The summed E-state index contributed by atoms with van der Waals surface area (Å²) in [5.41, 5.74) is 1.08. The van der Waals surface area contributed by atoms with Gasteiger partial charge in [0.2, 0.25) is 23.4 Å². The number of carbonyl (C=O) groups excluding carboxylic acids is 2. The highest BCUT2D eigenvalue weighted by molar-refractivity contribution is 7.94. The predicted octanol–water partition coefficient (Wildman–Crippen LogP) is 6.57. The van der Waals surface area contributed by atoms with Crippen LogP contribution in [0.2, 0.25) is 0 Å². The molecule has 4 bridgehead atoms. The molecule has 6 aliphatic rings. The summed E-state index contributed by atoms with van der Waals surface area (Å²) < 4.78 is 26.1. The molecule has 10 nitrogen and oxygen atoms in total. The van der Waals surface area contributed by atoms with E-state index in [2.05, 4.69) is 10.6 Å². The van der Waals surface area contributed by atoms with Crippen LogP contribution in [0.3, 0.4) is 0 Å². The molecule has 0 unspecified atom stereocenters. The van der Waals surface area contributed by atoms with Gasteiger partial charge in [-0.2, -0.15) is 19.6 Å². The van der Waals surface area contributed by atoms with Crippen LogP contribution in [0, 0.1) is 35.5 Å². The third-order valence-electron chi connectivity index (χ3n) is 11.9. The smallest absolute Gasteiger partial charge is 0.243 e. The lowest BCUT2D eigenvalue weighted by molar-refractivity contribution is -0.680. The van der Waals surface area contributed by atoms with Crippen LogP contribution in [0.1, 0.15) is 90.0 Å². The summed E-state index contributed by atoms with van der Waals surface area (Å²) in [5, 5.41) is 7.24. The van der Waals surface area contributed by atoms with Crippen LogP contribution >= 0.6 is 0 Å². The third-order valence-corrected chi connectivity index (χ3v) is 13.3. The number of benzene rings is 2. The van der Waals surface area contributed by atoms with Gasteiger partial charge in [0.25, 0.3) is 0 Å². The molecule has 2 aromatic rings. The molecular weight excluding hydrogens is 669 g/mol. The molecule has 276 valence electrons. The van der Waals surface area contributed by atoms with E-state index in [1.165, 1.54) is 11.8 Å². The van der Waals surface area contributed by atoms with Crippen molar-refractivity contribution in [2.45, 2.75) is 119 Å². The summed E-state index contributed by atoms with van der Waals surface area (Å²) in [4.78, 5) is 52.2. The molecule has 2 atom stereocenters. The van der Waals surface area contributed by atoms with Crippen molar-refractivity contribution in [3.8, 4) is 0 Å². The molecule has 0 aromatic heterocycles. The molecule has 2 N–H and O–H groups in total. The summed E-state index contributed by atoms with van der Waals surface area (Å²) in [7, 11) is -3.71. The first kappa shape index (κ1) is 36.3. The molecule has 1 aliphatic heterocycles. The SMILES string of the molecule is CC(C)C[C@@H](NC(=O)C1CCC2(CC1)OOC1(OO2)C2CC3CC(C2)CC1C3)C(=O)N[C@@H](/C=C/S(=O)(=O)c1ccccc1)CCc1ccccc1. The average Bonchev–Trinajstić information content (AvgIpc) is 3.13. The predicted molar refractivity (Wildman–Crippen MR) is 190 cm³/mol. The van der Waals surface area contributed by atoms with Gasteiger partial charge in [0.15, 0.2) is 9.84 Å². The molecule has 51 heavy (non-hydrogen) atoms. The van der Waals surface area contributed by atoms with Crippen molar-refractivity contribution in [2.75, 3.05) is 0 Å². The van der Waals surface area contributed by atoms with E-state index in [-0.39, 0.29) is 28.5 Å². The third kappa shape index (κ3) is 8.13. The summed E-state index contributed by atoms with van der Waals surface area (Å²) in [6, 6.07) is 16.7. The molecule has 2 amide bonds. The number of hydrogen-bond donors (Lipinski definition) is 2. The number of nitrogens with one attached hydrogen (secondary N) is 2. The van der Waals surface area contributed by atoms with E-state index >= 15 is 0 Å². The van der Waals surface area contributed by atoms with Crippen molar-refractivity contribution in [2.24, 2.45) is 35.5 Å². The molecule has 6 fully saturated rings. The fourth-order valence-corrected chi connectivity index (χ4v) is 10.3. The van der Waals surface area contributed by atoms with Crippen LogP contribution in [0.25, 0.3) is 0 Å². The van der Waals surface area contributed by atoms with Crippen LogP contribution in [-0.2, 0) is 45.4 Å². The van der Waals surface area contributed by atoms with Crippen LogP contribution in [0.5, 0.6) is 0 Å². The normalized spacial score (nSPS) is 32.7. The van der Waals surface area contributed by atoms with Gasteiger partial charge in [-0.3, -0.25) is 9.59 Å². The molecular formula is C40H52N2O8S. The number of amides is 2. The highest BCUT2D eigenvalue weighted by atomic mass is 32.2. The zero-order chi connectivity index (χ0) is 35.6. The Bertz CT molecular complexity index is 1620. The van der Waals surface area contributed by atoms with E-state index in [4.69, 9.17) is 19.6 Å². The lowest BCUT2D eigenvalue weighted by Crippen LogP contribution is -2.64. The molecule has 11 heteroatoms. The minimum absolute atomic E-state index is 0.128. The van der Waals surface area contributed by atoms with Gasteiger partial charge >= 0.3 is 0 Å². The van der Waals surface area contributed by atoms with Crippen LogP contribution in [0.4, 0.5) is 0 Å². The summed E-state index contributed by atoms with van der Waals surface area (Å²) in [6.45, 7) is 4.01. The second kappa shape index (κ2) is 15.1. The van der Waals surface area contributed by atoms with Gasteiger partial charge in [0.1, 0.15) is 6.04 Å². The quantitative estimate of drug-likeness (QED) is 0.236. The van der Waals surface area contributed by atoms with Gasteiger partial charge in [-0.1, -0.05) is 68.5 Å². The Labute approximate surface area is 301 Å². The van der Waals surface area contributed by atoms with E-state index in [9.17, 15) is 18.0 Å². The number of sulfone groups is 1. The zero-order valence-electron chi connectivity index (χ0n) is 29.7. The second-order valence-corrected chi connectivity index (χ2v) is 17.9. The van der Waals surface area contributed by atoms with Gasteiger partial charge in [0.05, 0.1) is 4.90 Å². The molecule has 2 aromatic carbocycles. The molecule has 5 saturated carbocycles. The largest absolute Gasteiger partial charge is 0.348 e. The first-order valence-electron chi connectivity index (χ1n) is 18.9. The molecule has 8 rings (SSSR count). The van der Waals surface area contributed by atoms with Crippen LogP contribution in [-0.4, -0.2) is 43.9 Å². The molecule has 2 spiro atoms. The van der Waals surface area contributed by atoms with E-state index in [0.717, 1.165) is 43.1 Å². The molecule has 1 heterocycles. The standard InChI is InChI=1S/C40H52N2O8S/c1-27(2)21-36(38(44)41-34(14-13-28-9-5-3-6-10-28)17-20-51(45,46)35-11-7-4-8-12-35)42-37(43)31-15-18-39(19-16-31)47-49-40(50-48-39)32-23-29-22-30(25-32)26-33(40)24-29/h3-12,17,20,27,29-34,36H,13-16,18-19,21-26H2,1-2H3,(H,41,44)(H,42,43)/b20-17+/t29?,30?,31?,32?,33?,34-,36-,39?,40?/m1/s1. The van der Waals surface area contributed by atoms with Crippen molar-refractivity contribution in [1.29, 1.82) is 0 Å². The summed E-state index contributed by atoms with van der Waals surface area (Å²) in [5.74, 6) is -0.495. The maximum absolute atomic E-state index is 13.8.